The smallest absolute Gasteiger partial charge is 0.0622 e. The van der Waals surface area contributed by atoms with Crippen LogP contribution in [-0.2, 0) is 4.74 Å². The van der Waals surface area contributed by atoms with E-state index >= 15 is 0 Å². The van der Waals surface area contributed by atoms with E-state index in [0.29, 0.717) is 5.92 Å². The van der Waals surface area contributed by atoms with E-state index in [0.717, 1.165) is 18.4 Å². The summed E-state index contributed by atoms with van der Waals surface area (Å²) in [4.78, 5) is 0. The number of rotatable bonds is 9. The van der Waals surface area contributed by atoms with Gasteiger partial charge in [0.25, 0.3) is 0 Å². The second kappa shape index (κ2) is 9.35. The van der Waals surface area contributed by atoms with Gasteiger partial charge in [0.05, 0.1) is 12.2 Å². The number of hydrogen-bond donors (Lipinski definition) is 1. The quantitative estimate of drug-likeness (QED) is 0.628. The van der Waals surface area contributed by atoms with E-state index in [1.54, 1.807) is 7.11 Å². The van der Waals surface area contributed by atoms with Crippen molar-refractivity contribution >= 4 is 0 Å². The minimum absolute atomic E-state index is 0.00993. The van der Waals surface area contributed by atoms with E-state index in [1.807, 2.05) is 13.0 Å². The summed E-state index contributed by atoms with van der Waals surface area (Å²) < 4.78 is 5.41. The SMILES string of the molecule is COC(C)(C)CCCC(C)CC=CC(C)=CCO. The first-order valence-corrected chi connectivity index (χ1v) is 6.90. The van der Waals surface area contributed by atoms with E-state index in [2.05, 4.69) is 32.9 Å². The van der Waals surface area contributed by atoms with Crippen molar-refractivity contribution in [1.29, 1.82) is 0 Å². The van der Waals surface area contributed by atoms with Gasteiger partial charge in [-0.25, -0.2) is 0 Å². The summed E-state index contributed by atoms with van der Waals surface area (Å²) >= 11 is 0. The van der Waals surface area contributed by atoms with Crippen LogP contribution in [0.4, 0.5) is 0 Å². The van der Waals surface area contributed by atoms with Gasteiger partial charge in [0, 0.05) is 7.11 Å². The Balaban J connectivity index is 3.79. The summed E-state index contributed by atoms with van der Waals surface area (Å²) in [6.07, 6.45) is 10.8. The molecule has 1 atom stereocenters. The second-order valence-corrected chi connectivity index (χ2v) is 5.73. The van der Waals surface area contributed by atoms with E-state index < -0.39 is 0 Å². The summed E-state index contributed by atoms with van der Waals surface area (Å²) in [7, 11) is 1.78. The average molecular weight is 254 g/mol. The molecular formula is C16H30O2. The first kappa shape index (κ1) is 17.4. The largest absolute Gasteiger partial charge is 0.392 e. The molecule has 0 heterocycles. The third-order valence-corrected chi connectivity index (χ3v) is 3.36. The molecule has 0 saturated heterocycles. The van der Waals surface area contributed by atoms with Crippen molar-refractivity contribution in [2.75, 3.05) is 13.7 Å². The molecule has 0 fully saturated rings. The first-order valence-electron chi connectivity index (χ1n) is 6.90. The van der Waals surface area contributed by atoms with Gasteiger partial charge in [-0.15, -0.1) is 0 Å². The molecule has 2 nitrogen and oxygen atoms in total. The molecule has 0 amide bonds. The molecule has 2 heteroatoms. The third-order valence-electron chi connectivity index (χ3n) is 3.36. The lowest BCUT2D eigenvalue weighted by Gasteiger charge is -2.23. The summed E-state index contributed by atoms with van der Waals surface area (Å²) in [5.74, 6) is 0.704. The number of aliphatic hydroxyl groups excluding tert-OH is 1. The highest BCUT2D eigenvalue weighted by atomic mass is 16.5. The summed E-state index contributed by atoms with van der Waals surface area (Å²) in [5, 5.41) is 8.74. The van der Waals surface area contributed by atoms with E-state index in [9.17, 15) is 0 Å². The summed E-state index contributed by atoms with van der Waals surface area (Å²) in [6, 6.07) is 0. The summed E-state index contributed by atoms with van der Waals surface area (Å²) in [6.45, 7) is 8.70. The Morgan fingerprint density at radius 1 is 1.39 bits per heavy atom. The maximum absolute atomic E-state index is 8.74. The molecule has 0 bridgehead atoms. The highest BCUT2D eigenvalue weighted by Crippen LogP contribution is 2.20. The number of ether oxygens (including phenoxy) is 1. The van der Waals surface area contributed by atoms with Crippen molar-refractivity contribution in [2.45, 2.75) is 59.0 Å². The van der Waals surface area contributed by atoms with Crippen LogP contribution in [0.25, 0.3) is 0 Å². The Kier molecular flexibility index (Phi) is 9.03. The van der Waals surface area contributed by atoms with Gasteiger partial charge in [-0.05, 0) is 39.5 Å². The minimum atomic E-state index is 0.00993. The fraction of sp³-hybridized carbons (Fsp3) is 0.750. The molecular weight excluding hydrogens is 224 g/mol. The highest BCUT2D eigenvalue weighted by Gasteiger charge is 2.15. The van der Waals surface area contributed by atoms with Crippen molar-refractivity contribution in [3.05, 3.63) is 23.8 Å². The van der Waals surface area contributed by atoms with Crippen LogP contribution in [0.2, 0.25) is 0 Å². The molecule has 1 unspecified atom stereocenters. The maximum Gasteiger partial charge on any atom is 0.0622 e. The van der Waals surface area contributed by atoms with Gasteiger partial charge in [0.15, 0.2) is 0 Å². The van der Waals surface area contributed by atoms with Crippen LogP contribution < -0.4 is 0 Å². The van der Waals surface area contributed by atoms with Crippen LogP contribution in [-0.4, -0.2) is 24.4 Å². The lowest BCUT2D eigenvalue weighted by molar-refractivity contribution is 0.0128. The van der Waals surface area contributed by atoms with Gasteiger partial charge in [-0.2, -0.15) is 0 Å². The standard InChI is InChI=1S/C16H30O2/c1-14(8-6-9-15(2)11-13-17)10-7-12-16(3,4)18-5/h6,9,11,14,17H,7-8,10,12-13H2,1-5H3. The second-order valence-electron chi connectivity index (χ2n) is 5.73. The lowest BCUT2D eigenvalue weighted by Crippen LogP contribution is -2.22. The van der Waals surface area contributed by atoms with Crippen LogP contribution in [0.5, 0.6) is 0 Å². The fourth-order valence-corrected chi connectivity index (χ4v) is 1.79. The lowest BCUT2D eigenvalue weighted by atomic mass is 9.95. The minimum Gasteiger partial charge on any atom is -0.392 e. The van der Waals surface area contributed by atoms with Gasteiger partial charge in [-0.3, -0.25) is 0 Å². The fourth-order valence-electron chi connectivity index (χ4n) is 1.79. The zero-order valence-electron chi connectivity index (χ0n) is 12.7. The number of aliphatic hydroxyl groups is 1. The van der Waals surface area contributed by atoms with Crippen LogP contribution in [0.1, 0.15) is 53.4 Å². The van der Waals surface area contributed by atoms with Gasteiger partial charge in [0.2, 0.25) is 0 Å². The highest BCUT2D eigenvalue weighted by molar-refractivity contribution is 5.15. The maximum atomic E-state index is 8.74. The van der Waals surface area contributed by atoms with Gasteiger partial charge in [0.1, 0.15) is 0 Å². The monoisotopic (exact) mass is 254 g/mol. The van der Waals surface area contributed by atoms with Crippen LogP contribution in [0.15, 0.2) is 23.8 Å². The normalized spacial score (nSPS) is 15.3. The average Bonchev–Trinajstić information content (AvgIpc) is 2.29. The van der Waals surface area contributed by atoms with E-state index in [4.69, 9.17) is 9.84 Å². The van der Waals surface area contributed by atoms with Crippen LogP contribution in [0.3, 0.4) is 0 Å². The first-order chi connectivity index (χ1) is 8.41. The van der Waals surface area contributed by atoms with Crippen molar-refractivity contribution in [3.8, 4) is 0 Å². The molecule has 0 aliphatic carbocycles. The van der Waals surface area contributed by atoms with Crippen LogP contribution >= 0.6 is 0 Å². The van der Waals surface area contributed by atoms with Crippen molar-refractivity contribution in [2.24, 2.45) is 5.92 Å². The Morgan fingerprint density at radius 3 is 2.61 bits per heavy atom. The van der Waals surface area contributed by atoms with Gasteiger partial charge >= 0.3 is 0 Å². The van der Waals surface area contributed by atoms with Crippen LogP contribution in [0, 0.1) is 5.92 Å². The Hall–Kier alpha value is -0.600. The van der Waals surface area contributed by atoms with E-state index in [1.165, 1.54) is 12.8 Å². The molecule has 1 N–H and O–H groups in total. The van der Waals surface area contributed by atoms with Crippen molar-refractivity contribution < 1.29 is 9.84 Å². The Morgan fingerprint density at radius 2 is 2.06 bits per heavy atom. The van der Waals surface area contributed by atoms with Crippen molar-refractivity contribution in [1.82, 2.24) is 0 Å². The van der Waals surface area contributed by atoms with Gasteiger partial charge < -0.3 is 9.84 Å². The zero-order chi connectivity index (χ0) is 14.0. The molecule has 0 rings (SSSR count). The number of allylic oxidation sites excluding steroid dienone is 3. The molecule has 0 aromatic carbocycles. The number of hydrogen-bond acceptors (Lipinski definition) is 2. The predicted octanol–water partition coefficient (Wildman–Crippen LogP) is 4.10. The molecule has 0 aliphatic heterocycles. The molecule has 106 valence electrons. The molecule has 0 saturated carbocycles. The summed E-state index contributed by atoms with van der Waals surface area (Å²) in [5.41, 5.74) is 1.14. The molecule has 0 aliphatic rings. The predicted molar refractivity (Wildman–Crippen MR) is 78.7 cm³/mol. The van der Waals surface area contributed by atoms with Gasteiger partial charge in [-0.1, -0.05) is 43.6 Å². The third kappa shape index (κ3) is 9.43. The Labute approximate surface area is 113 Å². The van der Waals surface area contributed by atoms with Crippen molar-refractivity contribution in [3.63, 3.8) is 0 Å². The molecule has 0 aromatic heterocycles. The zero-order valence-corrected chi connectivity index (χ0v) is 12.7. The molecule has 0 aromatic rings. The van der Waals surface area contributed by atoms with E-state index in [-0.39, 0.29) is 12.2 Å². The Bertz CT molecular complexity index is 264. The molecule has 18 heavy (non-hydrogen) atoms. The topological polar surface area (TPSA) is 29.5 Å². The molecule has 0 radical (unpaired) electrons. The number of methoxy groups -OCH3 is 1. The molecule has 0 spiro atoms.